The maximum atomic E-state index is 11.3. The van der Waals surface area contributed by atoms with E-state index in [-0.39, 0.29) is 22.4 Å². The Balaban J connectivity index is 2.15. The van der Waals surface area contributed by atoms with Crippen molar-refractivity contribution in [2.45, 2.75) is 45.7 Å². The first-order chi connectivity index (χ1) is 9.49. The Bertz CT molecular complexity index is 528. The summed E-state index contributed by atoms with van der Waals surface area (Å²) in [5.41, 5.74) is 1.88. The normalized spacial score (nSPS) is 19.2. The topological polar surface area (TPSA) is 63.5 Å². The van der Waals surface area contributed by atoms with Gasteiger partial charge in [0.1, 0.15) is 5.78 Å². The highest BCUT2D eigenvalue weighted by atomic mass is 16.6. The third-order valence-corrected chi connectivity index (χ3v) is 4.01. The molecule has 0 aromatic heterocycles. The molecule has 0 spiro atoms. The van der Waals surface area contributed by atoms with Gasteiger partial charge in [0.15, 0.2) is 0 Å². The van der Waals surface area contributed by atoms with Crippen molar-refractivity contribution in [3.63, 3.8) is 0 Å². The molecule has 1 aromatic rings. The first kappa shape index (κ1) is 14.7. The van der Waals surface area contributed by atoms with Gasteiger partial charge in [0.2, 0.25) is 0 Å². The zero-order chi connectivity index (χ0) is 14.7. The van der Waals surface area contributed by atoms with Crippen LogP contribution in [-0.4, -0.2) is 28.2 Å². The molecule has 1 aromatic carbocycles. The summed E-state index contributed by atoms with van der Waals surface area (Å²) in [6.07, 6.45) is 2.70. The van der Waals surface area contributed by atoms with Crippen LogP contribution in [0.1, 0.15) is 37.3 Å². The van der Waals surface area contributed by atoms with E-state index < -0.39 is 0 Å². The van der Waals surface area contributed by atoms with Crippen LogP contribution in [0.25, 0.3) is 0 Å². The van der Waals surface area contributed by atoms with Gasteiger partial charge in [-0.3, -0.25) is 19.8 Å². The third-order valence-electron chi connectivity index (χ3n) is 4.01. The number of benzene rings is 1. The van der Waals surface area contributed by atoms with E-state index in [1.807, 2.05) is 6.07 Å². The molecule has 0 saturated carbocycles. The number of carbonyl (C=O) groups is 1. The van der Waals surface area contributed by atoms with Crippen molar-refractivity contribution in [1.82, 2.24) is 4.90 Å². The Kier molecular flexibility index (Phi) is 4.49. The first-order valence-electron chi connectivity index (χ1n) is 6.95. The molecule has 0 N–H and O–H groups in total. The van der Waals surface area contributed by atoms with Crippen LogP contribution in [0, 0.1) is 17.0 Å². The molecule has 1 heterocycles. The van der Waals surface area contributed by atoms with Gasteiger partial charge in [-0.1, -0.05) is 12.1 Å². The predicted octanol–water partition coefficient (Wildman–Crippen LogP) is 2.85. The molecule has 5 heteroatoms. The molecule has 0 amide bonds. The Hall–Kier alpha value is -1.75. The number of nitrogens with zero attached hydrogens (tertiary/aromatic N) is 2. The van der Waals surface area contributed by atoms with Gasteiger partial charge in [0.05, 0.1) is 4.92 Å². The average molecular weight is 276 g/mol. The molecule has 5 nitrogen and oxygen atoms in total. The van der Waals surface area contributed by atoms with E-state index in [9.17, 15) is 14.9 Å². The molecule has 20 heavy (non-hydrogen) atoms. The van der Waals surface area contributed by atoms with Gasteiger partial charge in [-0.25, -0.2) is 0 Å². The van der Waals surface area contributed by atoms with Gasteiger partial charge >= 0.3 is 0 Å². The highest BCUT2D eigenvalue weighted by molar-refractivity contribution is 5.76. The summed E-state index contributed by atoms with van der Waals surface area (Å²) in [5.74, 6) is 0.206. The molecule has 1 atom stereocenters. The van der Waals surface area contributed by atoms with Crippen LogP contribution in [0.4, 0.5) is 5.69 Å². The summed E-state index contributed by atoms with van der Waals surface area (Å²) in [6, 6.07) is 5.49. The molecule has 1 aliphatic rings. The minimum atomic E-state index is -0.337. The van der Waals surface area contributed by atoms with E-state index >= 15 is 0 Å². The first-order valence-corrected chi connectivity index (χ1v) is 6.95. The number of ketones is 1. The van der Waals surface area contributed by atoms with E-state index in [0.29, 0.717) is 13.0 Å². The lowest BCUT2D eigenvalue weighted by atomic mass is 10.0. The Labute approximate surface area is 118 Å². The summed E-state index contributed by atoms with van der Waals surface area (Å²) in [5, 5.41) is 11.0. The monoisotopic (exact) mass is 276 g/mol. The summed E-state index contributed by atoms with van der Waals surface area (Å²) in [7, 11) is 0. The Morgan fingerprint density at radius 3 is 2.90 bits per heavy atom. The lowest BCUT2D eigenvalue weighted by Gasteiger charge is -2.24. The molecule has 1 unspecified atom stereocenters. The number of carbonyl (C=O) groups excluding carboxylic acids is 1. The van der Waals surface area contributed by atoms with E-state index in [2.05, 4.69) is 4.90 Å². The average Bonchev–Trinajstić information content (AvgIpc) is 2.78. The molecule has 2 rings (SSSR count). The van der Waals surface area contributed by atoms with Crippen molar-refractivity contribution in [3.8, 4) is 0 Å². The predicted molar refractivity (Wildman–Crippen MR) is 76.6 cm³/mol. The standard InChI is InChI=1S/C15H20N2O3/c1-11(18)9-14-6-4-8-16(14)10-13-5-3-7-15(12(13)2)17(19)20/h3,5,7,14H,4,6,8-10H2,1-2H3. The smallest absolute Gasteiger partial charge is 0.272 e. The third kappa shape index (κ3) is 3.22. The quantitative estimate of drug-likeness (QED) is 0.612. The zero-order valence-electron chi connectivity index (χ0n) is 12.0. The lowest BCUT2D eigenvalue weighted by Crippen LogP contribution is -2.30. The van der Waals surface area contributed by atoms with Gasteiger partial charge in [-0.05, 0) is 38.8 Å². The maximum absolute atomic E-state index is 11.3. The minimum Gasteiger partial charge on any atom is -0.300 e. The van der Waals surface area contributed by atoms with Crippen molar-refractivity contribution in [3.05, 3.63) is 39.4 Å². The zero-order valence-corrected chi connectivity index (χ0v) is 12.0. The van der Waals surface area contributed by atoms with E-state index in [0.717, 1.165) is 30.5 Å². The number of nitro groups is 1. The molecule has 108 valence electrons. The SMILES string of the molecule is CC(=O)CC1CCCN1Cc1cccc([N+](=O)[O-])c1C. The second kappa shape index (κ2) is 6.13. The summed E-state index contributed by atoms with van der Waals surface area (Å²) in [4.78, 5) is 24.2. The number of hydrogen-bond donors (Lipinski definition) is 0. The molecule has 0 radical (unpaired) electrons. The number of likely N-dealkylation sites (tertiary alicyclic amines) is 1. The number of Topliss-reactive ketones (excluding diaryl/α,β-unsaturated/α-hetero) is 1. The fourth-order valence-corrected chi connectivity index (χ4v) is 2.92. The highest BCUT2D eigenvalue weighted by Gasteiger charge is 2.26. The number of hydrogen-bond acceptors (Lipinski definition) is 4. The van der Waals surface area contributed by atoms with Gasteiger partial charge in [0, 0.05) is 30.6 Å². The molecule has 1 saturated heterocycles. The van der Waals surface area contributed by atoms with Gasteiger partial charge < -0.3 is 0 Å². The van der Waals surface area contributed by atoms with E-state index in [1.54, 1.807) is 19.9 Å². The molecule has 1 fully saturated rings. The number of nitro benzene ring substituents is 1. The maximum Gasteiger partial charge on any atom is 0.272 e. The largest absolute Gasteiger partial charge is 0.300 e. The van der Waals surface area contributed by atoms with Crippen LogP contribution in [0.3, 0.4) is 0 Å². The number of rotatable bonds is 5. The molecule has 1 aliphatic heterocycles. The summed E-state index contributed by atoms with van der Waals surface area (Å²) in [6.45, 7) is 5.06. The van der Waals surface area contributed by atoms with E-state index in [4.69, 9.17) is 0 Å². The van der Waals surface area contributed by atoms with Crippen LogP contribution in [0.2, 0.25) is 0 Å². The molecule has 0 bridgehead atoms. The van der Waals surface area contributed by atoms with Crippen LogP contribution >= 0.6 is 0 Å². The second-order valence-corrected chi connectivity index (χ2v) is 5.49. The Morgan fingerprint density at radius 2 is 2.25 bits per heavy atom. The van der Waals surface area contributed by atoms with Crippen LogP contribution in [0.5, 0.6) is 0 Å². The van der Waals surface area contributed by atoms with Crippen LogP contribution < -0.4 is 0 Å². The Morgan fingerprint density at radius 1 is 1.50 bits per heavy atom. The minimum absolute atomic E-state index is 0.171. The fraction of sp³-hybridized carbons (Fsp3) is 0.533. The fourth-order valence-electron chi connectivity index (χ4n) is 2.92. The molecular formula is C15H20N2O3. The lowest BCUT2D eigenvalue weighted by molar-refractivity contribution is -0.385. The second-order valence-electron chi connectivity index (χ2n) is 5.49. The molecular weight excluding hydrogens is 256 g/mol. The summed E-state index contributed by atoms with van der Waals surface area (Å²) < 4.78 is 0. The van der Waals surface area contributed by atoms with Crippen molar-refractivity contribution < 1.29 is 9.72 Å². The van der Waals surface area contributed by atoms with Crippen LogP contribution in [-0.2, 0) is 11.3 Å². The highest BCUT2D eigenvalue weighted by Crippen LogP contribution is 2.27. The van der Waals surface area contributed by atoms with Gasteiger partial charge in [-0.2, -0.15) is 0 Å². The van der Waals surface area contributed by atoms with E-state index in [1.165, 1.54) is 6.07 Å². The van der Waals surface area contributed by atoms with Crippen LogP contribution in [0.15, 0.2) is 18.2 Å². The van der Waals surface area contributed by atoms with Crippen molar-refractivity contribution in [2.24, 2.45) is 0 Å². The van der Waals surface area contributed by atoms with Gasteiger partial charge in [0.25, 0.3) is 5.69 Å². The van der Waals surface area contributed by atoms with Gasteiger partial charge in [-0.15, -0.1) is 0 Å². The van der Waals surface area contributed by atoms with Crippen molar-refractivity contribution in [1.29, 1.82) is 0 Å². The van der Waals surface area contributed by atoms with Crippen molar-refractivity contribution >= 4 is 11.5 Å². The summed E-state index contributed by atoms with van der Waals surface area (Å²) >= 11 is 0. The van der Waals surface area contributed by atoms with Crippen molar-refractivity contribution in [2.75, 3.05) is 6.54 Å². The molecule has 0 aliphatic carbocycles.